The van der Waals surface area contributed by atoms with Gasteiger partial charge in [0.05, 0.1) is 18.8 Å². The number of fused-ring (bicyclic) bond motifs is 6. The van der Waals surface area contributed by atoms with Crippen LogP contribution in [0.5, 0.6) is 5.75 Å². The van der Waals surface area contributed by atoms with E-state index in [1.54, 1.807) is 13.3 Å². The molecule has 0 aliphatic carbocycles. The van der Waals surface area contributed by atoms with E-state index in [4.69, 9.17) is 4.74 Å². The average molecular weight is 249 g/mol. The molecule has 4 rings (SSSR count). The minimum atomic E-state index is 0.839. The maximum atomic E-state index is 5.31. The first-order chi connectivity index (χ1) is 9.38. The minimum Gasteiger partial charge on any atom is -0.497 e. The van der Waals surface area contributed by atoms with Crippen LogP contribution in [0.3, 0.4) is 0 Å². The highest BCUT2D eigenvalue weighted by Gasteiger charge is 2.09. The fourth-order valence-electron chi connectivity index (χ4n) is 2.57. The number of benzene rings is 1. The second-order valence-electron chi connectivity index (χ2n) is 4.43. The molecular weight excluding hydrogens is 238 g/mol. The van der Waals surface area contributed by atoms with E-state index in [1.165, 1.54) is 0 Å². The van der Waals surface area contributed by atoms with Crippen molar-refractivity contribution < 1.29 is 4.74 Å². The second kappa shape index (κ2) is 3.68. The fraction of sp³-hybridized carbons (Fsp3) is 0.0667. The largest absolute Gasteiger partial charge is 0.497 e. The number of rotatable bonds is 1. The summed E-state index contributed by atoms with van der Waals surface area (Å²) < 4.78 is 7.37. The summed E-state index contributed by atoms with van der Waals surface area (Å²) in [5.74, 6) is 0.839. The Morgan fingerprint density at radius 3 is 2.89 bits per heavy atom. The van der Waals surface area contributed by atoms with Gasteiger partial charge in [0.2, 0.25) is 0 Å². The molecule has 0 bridgehead atoms. The quantitative estimate of drug-likeness (QED) is 0.487. The second-order valence-corrected chi connectivity index (χ2v) is 4.43. The van der Waals surface area contributed by atoms with Gasteiger partial charge in [0, 0.05) is 29.4 Å². The standard InChI is InChI=1S/C15H11N3O/c1-19-10-2-3-11-12-4-5-16-9-14(12)18-7-6-17-15(18)13(11)8-10/h2-9H,1H3. The van der Waals surface area contributed by atoms with E-state index in [9.17, 15) is 0 Å². The van der Waals surface area contributed by atoms with Crippen LogP contribution in [0.15, 0.2) is 49.1 Å². The fourth-order valence-corrected chi connectivity index (χ4v) is 2.57. The van der Waals surface area contributed by atoms with Crippen molar-refractivity contribution in [1.82, 2.24) is 14.4 Å². The smallest absolute Gasteiger partial charge is 0.145 e. The highest BCUT2D eigenvalue weighted by Crippen LogP contribution is 2.30. The number of pyridine rings is 2. The molecule has 1 aromatic carbocycles. The van der Waals surface area contributed by atoms with Crippen LogP contribution in [0.4, 0.5) is 0 Å². The highest BCUT2D eigenvalue weighted by atomic mass is 16.5. The summed E-state index contributed by atoms with van der Waals surface area (Å²) in [4.78, 5) is 8.66. The Kier molecular flexibility index (Phi) is 2.00. The van der Waals surface area contributed by atoms with E-state index in [1.807, 2.05) is 36.8 Å². The van der Waals surface area contributed by atoms with Crippen LogP contribution < -0.4 is 4.74 Å². The molecule has 3 heterocycles. The molecule has 4 heteroatoms. The van der Waals surface area contributed by atoms with Gasteiger partial charge in [-0.25, -0.2) is 4.98 Å². The number of methoxy groups -OCH3 is 1. The van der Waals surface area contributed by atoms with Crippen molar-refractivity contribution in [3.05, 3.63) is 49.1 Å². The van der Waals surface area contributed by atoms with Crippen molar-refractivity contribution in [2.75, 3.05) is 7.11 Å². The first-order valence-electron chi connectivity index (χ1n) is 6.05. The summed E-state index contributed by atoms with van der Waals surface area (Å²) in [5, 5.41) is 3.41. The molecule has 4 aromatic rings. The summed E-state index contributed by atoms with van der Waals surface area (Å²) in [5.41, 5.74) is 1.99. The number of hydrogen-bond acceptors (Lipinski definition) is 3. The van der Waals surface area contributed by atoms with Crippen LogP contribution in [0, 0.1) is 0 Å². The molecule has 0 unspecified atom stereocenters. The van der Waals surface area contributed by atoms with Crippen LogP contribution in [0.1, 0.15) is 0 Å². The lowest BCUT2D eigenvalue weighted by atomic mass is 10.1. The number of nitrogens with zero attached hydrogens (tertiary/aromatic N) is 3. The zero-order valence-electron chi connectivity index (χ0n) is 10.4. The van der Waals surface area contributed by atoms with Gasteiger partial charge in [-0.05, 0) is 29.7 Å². The van der Waals surface area contributed by atoms with Gasteiger partial charge in [0.1, 0.15) is 11.4 Å². The van der Waals surface area contributed by atoms with Crippen LogP contribution in [0.25, 0.3) is 27.3 Å². The Labute approximate surface area is 109 Å². The van der Waals surface area contributed by atoms with E-state index in [0.717, 1.165) is 33.1 Å². The molecule has 0 amide bonds. The molecule has 0 saturated heterocycles. The van der Waals surface area contributed by atoms with Crippen molar-refractivity contribution >= 4 is 27.3 Å². The van der Waals surface area contributed by atoms with E-state index < -0.39 is 0 Å². The average Bonchev–Trinajstić information content (AvgIpc) is 2.97. The zero-order chi connectivity index (χ0) is 12.8. The van der Waals surface area contributed by atoms with Gasteiger partial charge in [0.15, 0.2) is 0 Å². The van der Waals surface area contributed by atoms with Gasteiger partial charge in [-0.15, -0.1) is 0 Å². The maximum Gasteiger partial charge on any atom is 0.145 e. The highest BCUT2D eigenvalue weighted by molar-refractivity contribution is 6.11. The van der Waals surface area contributed by atoms with Gasteiger partial charge in [-0.1, -0.05) is 0 Å². The van der Waals surface area contributed by atoms with Gasteiger partial charge in [-0.2, -0.15) is 0 Å². The maximum absolute atomic E-state index is 5.31. The number of ether oxygens (including phenoxy) is 1. The van der Waals surface area contributed by atoms with E-state index >= 15 is 0 Å². The Morgan fingerprint density at radius 1 is 1.05 bits per heavy atom. The lowest BCUT2D eigenvalue weighted by molar-refractivity contribution is 0.415. The van der Waals surface area contributed by atoms with Crippen molar-refractivity contribution in [1.29, 1.82) is 0 Å². The summed E-state index contributed by atoms with van der Waals surface area (Å²) in [6, 6.07) is 8.11. The van der Waals surface area contributed by atoms with Crippen molar-refractivity contribution in [3.63, 3.8) is 0 Å². The van der Waals surface area contributed by atoms with Crippen LogP contribution in [-0.2, 0) is 0 Å². The molecule has 0 spiro atoms. The molecule has 19 heavy (non-hydrogen) atoms. The van der Waals surface area contributed by atoms with Gasteiger partial charge < -0.3 is 4.74 Å². The van der Waals surface area contributed by atoms with E-state index in [2.05, 4.69) is 20.4 Å². The minimum absolute atomic E-state index is 0.839. The molecule has 0 fully saturated rings. The SMILES string of the molecule is COc1ccc2c3ccncc3n3ccnc3c2c1. The topological polar surface area (TPSA) is 39.4 Å². The van der Waals surface area contributed by atoms with Crippen molar-refractivity contribution in [2.45, 2.75) is 0 Å². The van der Waals surface area contributed by atoms with Crippen LogP contribution in [0.2, 0.25) is 0 Å². The molecule has 0 aliphatic rings. The van der Waals surface area contributed by atoms with Gasteiger partial charge >= 0.3 is 0 Å². The summed E-state index contributed by atoms with van der Waals surface area (Å²) in [7, 11) is 1.68. The molecule has 0 saturated carbocycles. The molecule has 0 radical (unpaired) electrons. The first kappa shape index (κ1) is 10.3. The summed E-state index contributed by atoms with van der Waals surface area (Å²) in [6.45, 7) is 0. The van der Waals surface area contributed by atoms with E-state index in [-0.39, 0.29) is 0 Å². The molecular formula is C15H11N3O. The summed E-state index contributed by atoms with van der Waals surface area (Å²) in [6.07, 6.45) is 7.45. The zero-order valence-corrected chi connectivity index (χ0v) is 10.4. The van der Waals surface area contributed by atoms with E-state index in [0.29, 0.717) is 0 Å². The third-order valence-corrected chi connectivity index (χ3v) is 3.46. The lowest BCUT2D eigenvalue weighted by Gasteiger charge is -2.08. The Morgan fingerprint density at radius 2 is 2.00 bits per heavy atom. The molecule has 92 valence electrons. The number of aromatic nitrogens is 3. The number of hydrogen-bond donors (Lipinski definition) is 0. The van der Waals surface area contributed by atoms with Crippen molar-refractivity contribution in [2.24, 2.45) is 0 Å². The molecule has 0 atom stereocenters. The predicted molar refractivity (Wildman–Crippen MR) is 74.6 cm³/mol. The molecule has 3 aromatic heterocycles. The Bertz CT molecular complexity index is 911. The molecule has 4 nitrogen and oxygen atoms in total. The molecule has 0 N–H and O–H groups in total. The van der Waals surface area contributed by atoms with Gasteiger partial charge in [-0.3, -0.25) is 9.38 Å². The monoisotopic (exact) mass is 249 g/mol. The van der Waals surface area contributed by atoms with Crippen LogP contribution in [-0.4, -0.2) is 21.5 Å². The van der Waals surface area contributed by atoms with Crippen molar-refractivity contribution in [3.8, 4) is 5.75 Å². The van der Waals surface area contributed by atoms with Crippen LogP contribution >= 0.6 is 0 Å². The number of imidazole rings is 1. The Hall–Kier alpha value is -2.62. The predicted octanol–water partition coefficient (Wildman–Crippen LogP) is 3.04. The molecule has 0 aliphatic heterocycles. The summed E-state index contributed by atoms with van der Waals surface area (Å²) >= 11 is 0. The normalized spacial score (nSPS) is 11.4. The Balaban J connectivity index is 2.34. The van der Waals surface area contributed by atoms with Gasteiger partial charge in [0.25, 0.3) is 0 Å². The third-order valence-electron chi connectivity index (χ3n) is 3.46. The third kappa shape index (κ3) is 1.34. The first-order valence-corrected chi connectivity index (χ1v) is 6.05. The lowest BCUT2D eigenvalue weighted by Crippen LogP contribution is -1.92.